The van der Waals surface area contributed by atoms with Crippen LogP contribution in [0.5, 0.6) is 0 Å². The highest BCUT2D eigenvalue weighted by Crippen LogP contribution is 2.63. The van der Waals surface area contributed by atoms with Gasteiger partial charge in [-0.1, -0.05) is 176 Å². The van der Waals surface area contributed by atoms with Crippen molar-refractivity contribution in [3.63, 3.8) is 0 Å². The van der Waals surface area contributed by atoms with Crippen LogP contribution < -0.4 is 10.6 Å². The molecule has 2 amide bonds. The van der Waals surface area contributed by atoms with Crippen molar-refractivity contribution in [2.45, 2.75) is 142 Å². The molecule has 4 nitrogen and oxygen atoms in total. The molecule has 0 spiro atoms. The minimum absolute atomic E-state index is 0.191. The highest BCUT2D eigenvalue weighted by molar-refractivity contribution is 8.42. The third-order valence-corrected chi connectivity index (χ3v) is 16.4. The Balaban J connectivity index is 1.84. The summed E-state index contributed by atoms with van der Waals surface area (Å²) < 4.78 is 5.11. The van der Waals surface area contributed by atoms with Crippen LogP contribution >= 0.6 is 70.6 Å². The Labute approximate surface area is 295 Å². The Bertz CT molecular complexity index is 880. The zero-order valence-electron chi connectivity index (χ0n) is 27.8. The van der Waals surface area contributed by atoms with E-state index in [1.807, 2.05) is 47.0 Å². The van der Waals surface area contributed by atoms with E-state index in [2.05, 4.69) is 24.5 Å². The van der Waals surface area contributed by atoms with Gasteiger partial charge in [-0.3, -0.25) is 9.59 Å². The number of carbonyl (C=O) groups is 2. The van der Waals surface area contributed by atoms with E-state index in [1.165, 1.54) is 165 Å². The van der Waals surface area contributed by atoms with E-state index in [4.69, 9.17) is 0 Å². The predicted molar refractivity (Wildman–Crippen MR) is 208 cm³/mol. The summed E-state index contributed by atoms with van der Waals surface area (Å²) in [6.45, 7) is 4.57. The van der Waals surface area contributed by atoms with Crippen molar-refractivity contribution in [2.75, 3.05) is 25.6 Å². The fraction of sp³-hybridized carbons (Fsp3) is 0.765. The lowest BCUT2D eigenvalue weighted by atomic mass is 10.1. The van der Waals surface area contributed by atoms with Crippen molar-refractivity contribution in [1.29, 1.82) is 0 Å². The number of rotatable bonds is 26. The number of hydrogen-bond donors (Lipinski definition) is 2. The summed E-state index contributed by atoms with van der Waals surface area (Å²) in [6, 6.07) is 0. The number of carbonyl (C=O) groups excluding carboxylic acids is 2. The number of hydrogen-bond acceptors (Lipinski definition) is 8. The summed E-state index contributed by atoms with van der Waals surface area (Å²) in [5.74, 6) is 1.94. The summed E-state index contributed by atoms with van der Waals surface area (Å²) >= 11 is 10.6. The molecule has 0 fully saturated rings. The second-order valence-corrected chi connectivity index (χ2v) is 18.8. The zero-order valence-corrected chi connectivity index (χ0v) is 32.7. The standard InChI is InChI=1S/C34H58N2O2S6/c1-5-7-9-11-13-15-17-19-21-23-25-39-31-32(40-26-24-22-20-18-16-14-12-10-8-6-2)44-34(43-31)33-41-27(29(37)35-3)28(42-33)30(38)36-4/h5-26H2,1-4H3,(H,35,37)(H,36,38). The predicted octanol–water partition coefficient (Wildman–Crippen LogP) is 12.2. The molecule has 0 bridgehead atoms. The molecule has 0 aliphatic carbocycles. The van der Waals surface area contributed by atoms with Gasteiger partial charge in [-0.2, -0.15) is 0 Å². The number of unbranched alkanes of at least 4 members (excludes halogenated alkanes) is 18. The summed E-state index contributed by atoms with van der Waals surface area (Å²) in [5, 5.41) is 5.41. The van der Waals surface area contributed by atoms with E-state index in [-0.39, 0.29) is 11.8 Å². The van der Waals surface area contributed by atoms with Gasteiger partial charge in [-0.05, 0) is 24.3 Å². The quantitative estimate of drug-likeness (QED) is 0.0857. The highest BCUT2D eigenvalue weighted by Gasteiger charge is 2.34. The fourth-order valence-corrected chi connectivity index (χ4v) is 13.8. The van der Waals surface area contributed by atoms with Crippen LogP contribution in [0, 0.1) is 0 Å². The molecule has 0 radical (unpaired) electrons. The van der Waals surface area contributed by atoms with Crippen LogP contribution in [0.15, 0.2) is 26.8 Å². The molecule has 0 unspecified atom stereocenters. The van der Waals surface area contributed by atoms with Gasteiger partial charge in [0.25, 0.3) is 11.8 Å². The largest absolute Gasteiger partial charge is 0.355 e. The first-order valence-electron chi connectivity index (χ1n) is 17.2. The first kappa shape index (κ1) is 40.4. The van der Waals surface area contributed by atoms with Gasteiger partial charge in [-0.25, -0.2) is 0 Å². The number of amides is 2. The molecule has 44 heavy (non-hydrogen) atoms. The lowest BCUT2D eigenvalue weighted by Crippen LogP contribution is -2.23. The number of likely N-dealkylation sites (N-methyl/N-ethyl adjacent to an activating group) is 2. The maximum atomic E-state index is 12.6. The summed E-state index contributed by atoms with van der Waals surface area (Å²) in [4.78, 5) is 26.1. The second-order valence-electron chi connectivity index (χ2n) is 11.4. The van der Waals surface area contributed by atoms with Crippen LogP contribution in [0.1, 0.15) is 142 Å². The monoisotopic (exact) mass is 718 g/mol. The third kappa shape index (κ3) is 16.4. The first-order chi connectivity index (χ1) is 21.5. The molecule has 2 heterocycles. The van der Waals surface area contributed by atoms with Crippen LogP contribution in [-0.4, -0.2) is 37.4 Å². The van der Waals surface area contributed by atoms with Crippen LogP contribution in [-0.2, 0) is 9.59 Å². The smallest absolute Gasteiger partial charge is 0.259 e. The third-order valence-electron chi connectivity index (χ3n) is 7.63. The molecule has 0 aromatic carbocycles. The van der Waals surface area contributed by atoms with E-state index in [1.54, 1.807) is 14.1 Å². The molecule has 0 aromatic heterocycles. The van der Waals surface area contributed by atoms with E-state index in [0.29, 0.717) is 9.81 Å². The molecular formula is C34H58N2O2S6. The van der Waals surface area contributed by atoms with E-state index in [9.17, 15) is 9.59 Å². The maximum Gasteiger partial charge on any atom is 0.259 e. The molecule has 2 rings (SSSR count). The number of thioether (sulfide) groups is 6. The van der Waals surface area contributed by atoms with Crippen molar-refractivity contribution in [3.05, 3.63) is 26.8 Å². The summed E-state index contributed by atoms with van der Waals surface area (Å²) in [7, 11) is 3.25. The summed E-state index contributed by atoms with van der Waals surface area (Å²) in [6.07, 6.45) is 27.3. The van der Waals surface area contributed by atoms with Crippen molar-refractivity contribution in [3.8, 4) is 0 Å². The Morgan fingerprint density at radius 1 is 0.477 bits per heavy atom. The van der Waals surface area contributed by atoms with E-state index in [0.717, 1.165) is 15.7 Å². The average molecular weight is 719 g/mol. The maximum absolute atomic E-state index is 12.6. The summed E-state index contributed by atoms with van der Waals surface area (Å²) in [5.41, 5.74) is 0. The van der Waals surface area contributed by atoms with Crippen molar-refractivity contribution in [2.24, 2.45) is 0 Å². The minimum atomic E-state index is -0.191. The molecule has 252 valence electrons. The van der Waals surface area contributed by atoms with Crippen molar-refractivity contribution in [1.82, 2.24) is 10.6 Å². The molecular weight excluding hydrogens is 661 g/mol. The highest BCUT2D eigenvalue weighted by atomic mass is 32.3. The van der Waals surface area contributed by atoms with Gasteiger partial charge in [0, 0.05) is 14.1 Å². The Morgan fingerprint density at radius 3 is 1.09 bits per heavy atom. The zero-order chi connectivity index (χ0) is 31.8. The van der Waals surface area contributed by atoms with E-state index >= 15 is 0 Å². The minimum Gasteiger partial charge on any atom is -0.355 e. The molecule has 0 aromatic rings. The van der Waals surface area contributed by atoms with Gasteiger partial charge >= 0.3 is 0 Å². The van der Waals surface area contributed by atoms with Gasteiger partial charge in [0.1, 0.15) is 0 Å². The lowest BCUT2D eigenvalue weighted by Gasteiger charge is -2.06. The van der Waals surface area contributed by atoms with Crippen molar-refractivity contribution >= 4 is 82.4 Å². The SMILES string of the molecule is CCCCCCCCCCCCSC1=C(SCCCCCCCCCCCC)SC(=C2SC(C(=O)NC)=C(C(=O)NC)S2)S1. The Morgan fingerprint density at radius 2 is 0.773 bits per heavy atom. The van der Waals surface area contributed by atoms with Crippen LogP contribution in [0.4, 0.5) is 0 Å². The van der Waals surface area contributed by atoms with Crippen molar-refractivity contribution < 1.29 is 9.59 Å². The fourth-order valence-electron chi connectivity index (χ4n) is 4.95. The van der Waals surface area contributed by atoms with Crippen LogP contribution in [0.25, 0.3) is 0 Å². The molecule has 10 heteroatoms. The molecule has 2 N–H and O–H groups in total. The Hall–Kier alpha value is 0.260. The average Bonchev–Trinajstić information content (AvgIpc) is 3.66. The lowest BCUT2D eigenvalue weighted by molar-refractivity contribution is -0.118. The van der Waals surface area contributed by atoms with Gasteiger partial charge in [-0.15, -0.1) is 23.5 Å². The van der Waals surface area contributed by atoms with Crippen LogP contribution in [0.2, 0.25) is 0 Å². The Kier molecular flexibility index (Phi) is 24.1. The molecule has 0 saturated heterocycles. The van der Waals surface area contributed by atoms with Gasteiger partial charge in [0.2, 0.25) is 0 Å². The molecule has 0 atom stereocenters. The van der Waals surface area contributed by atoms with Gasteiger partial charge < -0.3 is 10.6 Å². The first-order valence-corrected chi connectivity index (χ1v) is 22.4. The second kappa shape index (κ2) is 26.2. The topological polar surface area (TPSA) is 58.2 Å². The molecule has 0 saturated carbocycles. The van der Waals surface area contributed by atoms with Gasteiger partial charge in [0.15, 0.2) is 0 Å². The molecule has 2 aliphatic rings. The van der Waals surface area contributed by atoms with Gasteiger partial charge in [0.05, 0.1) is 26.8 Å². The van der Waals surface area contributed by atoms with E-state index < -0.39 is 0 Å². The normalized spacial score (nSPS) is 15.2. The molecule has 2 aliphatic heterocycles. The number of nitrogens with one attached hydrogen (secondary N) is 2. The van der Waals surface area contributed by atoms with Crippen LogP contribution in [0.3, 0.4) is 0 Å².